The molecule has 18 heavy (non-hydrogen) atoms. The third-order valence-corrected chi connectivity index (χ3v) is 3.63. The minimum Gasteiger partial charge on any atom is -0.314 e. The molecule has 1 atom stereocenters. The number of benzene rings is 1. The molecule has 102 valence electrons. The second-order valence-electron chi connectivity index (χ2n) is 4.12. The Morgan fingerprint density at radius 3 is 2.56 bits per heavy atom. The second-order valence-corrected chi connectivity index (χ2v) is 4.97. The third-order valence-electron chi connectivity index (χ3n) is 3.06. The molecule has 1 aromatic carbocycles. The van der Waals surface area contributed by atoms with E-state index in [4.69, 9.17) is 23.2 Å². The van der Waals surface area contributed by atoms with Crippen LogP contribution >= 0.6 is 35.6 Å². The standard InChI is InChI=1S/C12H15Cl2FN2.ClH/c13-9-1-2-11(14)10(7-9)12(8-15)17-5-3-16-4-6-17;/h1-2,7,12,16H,3-6,8H2;1H/t12-;/m0./s1. The van der Waals surface area contributed by atoms with Crippen molar-refractivity contribution in [3.05, 3.63) is 33.8 Å². The lowest BCUT2D eigenvalue weighted by molar-refractivity contribution is 0.147. The molecule has 1 aliphatic rings. The van der Waals surface area contributed by atoms with E-state index in [0.29, 0.717) is 10.0 Å². The molecule has 0 aromatic heterocycles. The number of hydrogen-bond donors (Lipinski definition) is 1. The Balaban J connectivity index is 0.00000162. The molecule has 0 amide bonds. The van der Waals surface area contributed by atoms with Gasteiger partial charge in [0.2, 0.25) is 0 Å². The summed E-state index contributed by atoms with van der Waals surface area (Å²) in [4.78, 5) is 2.11. The summed E-state index contributed by atoms with van der Waals surface area (Å²) in [6.07, 6.45) is 0. The zero-order valence-electron chi connectivity index (χ0n) is 9.83. The van der Waals surface area contributed by atoms with Crippen LogP contribution in [-0.4, -0.2) is 37.8 Å². The van der Waals surface area contributed by atoms with Crippen LogP contribution in [0.25, 0.3) is 0 Å². The number of piperazine rings is 1. The van der Waals surface area contributed by atoms with Crippen molar-refractivity contribution in [3.8, 4) is 0 Å². The topological polar surface area (TPSA) is 15.3 Å². The predicted octanol–water partition coefficient (Wildman–Crippen LogP) is 3.33. The molecule has 0 radical (unpaired) electrons. The van der Waals surface area contributed by atoms with Gasteiger partial charge in [-0.1, -0.05) is 23.2 Å². The second kappa shape index (κ2) is 7.51. The van der Waals surface area contributed by atoms with Crippen molar-refractivity contribution in [1.82, 2.24) is 10.2 Å². The summed E-state index contributed by atoms with van der Waals surface area (Å²) in [7, 11) is 0. The van der Waals surface area contributed by atoms with Crippen LogP contribution in [0, 0.1) is 0 Å². The average molecular weight is 314 g/mol. The minimum absolute atomic E-state index is 0. The van der Waals surface area contributed by atoms with E-state index in [1.165, 1.54) is 0 Å². The smallest absolute Gasteiger partial charge is 0.109 e. The molecule has 0 unspecified atom stereocenters. The molecular weight excluding hydrogens is 298 g/mol. The monoisotopic (exact) mass is 312 g/mol. The Morgan fingerprint density at radius 1 is 1.28 bits per heavy atom. The summed E-state index contributed by atoms with van der Waals surface area (Å²) in [6.45, 7) is 2.98. The summed E-state index contributed by atoms with van der Waals surface area (Å²) in [6, 6.07) is 4.92. The highest BCUT2D eigenvalue weighted by Gasteiger charge is 2.24. The van der Waals surface area contributed by atoms with E-state index in [9.17, 15) is 4.39 Å². The number of nitrogens with zero attached hydrogens (tertiary/aromatic N) is 1. The molecular formula is C12H16Cl3FN2. The lowest BCUT2D eigenvalue weighted by Crippen LogP contribution is -2.45. The van der Waals surface area contributed by atoms with E-state index < -0.39 is 6.67 Å². The lowest BCUT2D eigenvalue weighted by atomic mass is 10.1. The number of nitrogens with one attached hydrogen (secondary N) is 1. The van der Waals surface area contributed by atoms with Crippen LogP contribution in [0.1, 0.15) is 11.6 Å². The van der Waals surface area contributed by atoms with Crippen molar-refractivity contribution < 1.29 is 4.39 Å². The number of alkyl halides is 1. The van der Waals surface area contributed by atoms with Crippen LogP contribution in [0.4, 0.5) is 4.39 Å². The SMILES string of the molecule is Cl.FC[C@@H](c1cc(Cl)ccc1Cl)N1CCNCC1. The van der Waals surface area contributed by atoms with Crippen LogP contribution in [0.5, 0.6) is 0 Å². The van der Waals surface area contributed by atoms with Gasteiger partial charge in [0.05, 0.1) is 6.04 Å². The molecule has 0 spiro atoms. The molecule has 1 fully saturated rings. The molecule has 1 saturated heterocycles. The Hall–Kier alpha value is -0.0600. The molecule has 1 N–H and O–H groups in total. The first kappa shape index (κ1) is 16.0. The summed E-state index contributed by atoms with van der Waals surface area (Å²) in [5.41, 5.74) is 0.781. The van der Waals surface area contributed by atoms with Gasteiger partial charge in [0.25, 0.3) is 0 Å². The summed E-state index contributed by atoms with van der Waals surface area (Å²) in [5, 5.41) is 4.42. The van der Waals surface area contributed by atoms with Crippen molar-refractivity contribution in [2.45, 2.75) is 6.04 Å². The molecule has 1 aliphatic heterocycles. The van der Waals surface area contributed by atoms with Gasteiger partial charge in [-0.3, -0.25) is 4.90 Å². The van der Waals surface area contributed by atoms with Gasteiger partial charge in [-0.2, -0.15) is 0 Å². The van der Waals surface area contributed by atoms with Gasteiger partial charge in [0.15, 0.2) is 0 Å². The van der Waals surface area contributed by atoms with Crippen molar-refractivity contribution in [2.24, 2.45) is 0 Å². The van der Waals surface area contributed by atoms with Crippen LogP contribution in [-0.2, 0) is 0 Å². The van der Waals surface area contributed by atoms with E-state index in [1.54, 1.807) is 18.2 Å². The Bertz CT molecular complexity index is 384. The van der Waals surface area contributed by atoms with Gasteiger partial charge in [-0.15, -0.1) is 12.4 Å². The van der Waals surface area contributed by atoms with Gasteiger partial charge < -0.3 is 5.32 Å². The Labute approximate surface area is 123 Å². The van der Waals surface area contributed by atoms with Gasteiger partial charge >= 0.3 is 0 Å². The number of hydrogen-bond acceptors (Lipinski definition) is 2. The average Bonchev–Trinajstić information content (AvgIpc) is 2.36. The fourth-order valence-electron chi connectivity index (χ4n) is 2.14. The molecule has 2 nitrogen and oxygen atoms in total. The predicted molar refractivity (Wildman–Crippen MR) is 76.9 cm³/mol. The third kappa shape index (κ3) is 3.72. The molecule has 6 heteroatoms. The summed E-state index contributed by atoms with van der Waals surface area (Å²) in [5.74, 6) is 0. The first-order valence-electron chi connectivity index (χ1n) is 5.68. The molecule has 1 heterocycles. The maximum Gasteiger partial charge on any atom is 0.109 e. The fraction of sp³-hybridized carbons (Fsp3) is 0.500. The number of rotatable bonds is 3. The highest BCUT2D eigenvalue weighted by molar-refractivity contribution is 6.33. The van der Waals surface area contributed by atoms with Crippen LogP contribution < -0.4 is 5.32 Å². The van der Waals surface area contributed by atoms with E-state index in [2.05, 4.69) is 10.2 Å². The zero-order valence-corrected chi connectivity index (χ0v) is 12.2. The largest absolute Gasteiger partial charge is 0.314 e. The lowest BCUT2D eigenvalue weighted by Gasteiger charge is -2.34. The van der Waals surface area contributed by atoms with E-state index >= 15 is 0 Å². The van der Waals surface area contributed by atoms with Crippen molar-refractivity contribution in [3.63, 3.8) is 0 Å². The van der Waals surface area contributed by atoms with Gasteiger partial charge in [-0.05, 0) is 23.8 Å². The van der Waals surface area contributed by atoms with E-state index in [-0.39, 0.29) is 18.4 Å². The first-order valence-corrected chi connectivity index (χ1v) is 6.43. The van der Waals surface area contributed by atoms with E-state index in [0.717, 1.165) is 31.7 Å². The Kier molecular flexibility index (Phi) is 6.67. The maximum atomic E-state index is 13.3. The fourth-order valence-corrected chi connectivity index (χ4v) is 2.57. The Morgan fingerprint density at radius 2 is 1.94 bits per heavy atom. The molecule has 1 aromatic rings. The van der Waals surface area contributed by atoms with Gasteiger partial charge in [-0.25, -0.2) is 4.39 Å². The van der Waals surface area contributed by atoms with Gasteiger partial charge in [0, 0.05) is 36.2 Å². The van der Waals surface area contributed by atoms with Gasteiger partial charge in [0.1, 0.15) is 6.67 Å². The number of halogens is 4. The summed E-state index contributed by atoms with van der Waals surface area (Å²) < 4.78 is 13.3. The van der Waals surface area contributed by atoms with Crippen LogP contribution in [0.2, 0.25) is 10.0 Å². The molecule has 0 aliphatic carbocycles. The zero-order chi connectivity index (χ0) is 12.3. The van der Waals surface area contributed by atoms with Crippen molar-refractivity contribution >= 4 is 35.6 Å². The maximum absolute atomic E-state index is 13.3. The molecule has 0 bridgehead atoms. The summed E-state index contributed by atoms with van der Waals surface area (Å²) >= 11 is 12.1. The first-order chi connectivity index (χ1) is 8.22. The van der Waals surface area contributed by atoms with Crippen LogP contribution in [0.3, 0.4) is 0 Å². The molecule has 2 rings (SSSR count). The highest BCUT2D eigenvalue weighted by Crippen LogP contribution is 2.30. The quantitative estimate of drug-likeness (QED) is 0.921. The molecule has 0 saturated carbocycles. The minimum atomic E-state index is -0.444. The van der Waals surface area contributed by atoms with Crippen LogP contribution in [0.15, 0.2) is 18.2 Å². The van der Waals surface area contributed by atoms with E-state index in [1.807, 2.05) is 0 Å². The van der Waals surface area contributed by atoms with Crippen molar-refractivity contribution in [1.29, 1.82) is 0 Å². The van der Waals surface area contributed by atoms with Crippen molar-refractivity contribution in [2.75, 3.05) is 32.9 Å². The normalized spacial score (nSPS) is 18.2. The highest BCUT2D eigenvalue weighted by atomic mass is 35.5.